The van der Waals surface area contributed by atoms with Gasteiger partial charge in [-0.3, -0.25) is 4.79 Å². The average Bonchev–Trinajstić information content (AvgIpc) is 2.73. The van der Waals surface area contributed by atoms with Crippen molar-refractivity contribution in [1.29, 1.82) is 0 Å². The second-order valence-corrected chi connectivity index (χ2v) is 8.61. The molecular weight excluding hydrogens is 410 g/mol. The van der Waals surface area contributed by atoms with Crippen LogP contribution in [0, 0.1) is 6.92 Å². The van der Waals surface area contributed by atoms with E-state index in [1.54, 1.807) is 12.3 Å². The lowest BCUT2D eigenvalue weighted by molar-refractivity contribution is 0.713. The van der Waals surface area contributed by atoms with E-state index in [1.807, 2.05) is 70.1 Å². The van der Waals surface area contributed by atoms with Gasteiger partial charge in [-0.25, -0.2) is 19.5 Å². The zero-order valence-corrected chi connectivity index (χ0v) is 18.9. The zero-order chi connectivity index (χ0) is 22.1. The largest absolute Gasteiger partial charge is 0.347 e. The summed E-state index contributed by atoms with van der Waals surface area (Å²) in [4.78, 5) is 38.1. The van der Waals surface area contributed by atoms with Gasteiger partial charge in [0.05, 0.1) is 10.9 Å². The lowest BCUT2D eigenvalue weighted by atomic mass is 10.2. The third-order valence-corrected chi connectivity index (χ3v) is 5.42. The summed E-state index contributed by atoms with van der Waals surface area (Å²) in [6.07, 6.45) is 1.69. The van der Waals surface area contributed by atoms with E-state index in [-0.39, 0.29) is 11.5 Å². The van der Waals surface area contributed by atoms with Crippen molar-refractivity contribution in [2.75, 3.05) is 19.0 Å². The molecule has 0 aliphatic heterocycles. The van der Waals surface area contributed by atoms with Gasteiger partial charge in [0.1, 0.15) is 11.6 Å². The maximum Gasteiger partial charge on any atom is 0.267 e. The number of aromatic nitrogens is 6. The van der Waals surface area contributed by atoms with E-state index in [9.17, 15) is 4.79 Å². The molecular formula is C22H23N7OS. The maximum atomic E-state index is 13.4. The molecule has 3 aromatic heterocycles. The minimum Gasteiger partial charge on any atom is -0.347 e. The molecule has 0 N–H and O–H groups in total. The van der Waals surface area contributed by atoms with Crippen LogP contribution in [0.15, 0.2) is 57.7 Å². The predicted molar refractivity (Wildman–Crippen MR) is 122 cm³/mol. The molecule has 0 unspecified atom stereocenters. The number of para-hydroxylation sites is 1. The topological polar surface area (TPSA) is 89.7 Å². The van der Waals surface area contributed by atoms with Crippen LogP contribution in [0.1, 0.15) is 31.2 Å². The van der Waals surface area contributed by atoms with Gasteiger partial charge in [0.15, 0.2) is 5.16 Å². The van der Waals surface area contributed by atoms with E-state index in [0.717, 1.165) is 5.56 Å². The molecule has 0 aliphatic carbocycles. The molecule has 0 spiro atoms. The summed E-state index contributed by atoms with van der Waals surface area (Å²) in [6.45, 7) is 6.02. The first-order valence-corrected chi connectivity index (χ1v) is 10.7. The Bertz CT molecular complexity index is 1290. The summed E-state index contributed by atoms with van der Waals surface area (Å²) in [5.74, 6) is 1.89. The van der Waals surface area contributed by atoms with Crippen molar-refractivity contribution in [3.63, 3.8) is 0 Å². The molecule has 1 aromatic carbocycles. The fourth-order valence-corrected chi connectivity index (χ4v) is 3.81. The third kappa shape index (κ3) is 4.27. The van der Waals surface area contributed by atoms with Gasteiger partial charge in [-0.15, -0.1) is 0 Å². The highest BCUT2D eigenvalue weighted by Gasteiger charge is 2.18. The van der Waals surface area contributed by atoms with Gasteiger partial charge in [0.2, 0.25) is 11.1 Å². The summed E-state index contributed by atoms with van der Waals surface area (Å²) in [6, 6.07) is 11.0. The van der Waals surface area contributed by atoms with Crippen LogP contribution in [0.2, 0.25) is 0 Å². The third-order valence-electron chi connectivity index (χ3n) is 4.59. The SMILES string of the molecule is Cc1ccnc(-n2c(Sc3nc(C(C)C)nc(N(C)C)n3)nc3ccccc3c2=O)c1. The Morgan fingerprint density at radius 2 is 1.81 bits per heavy atom. The normalized spacial score (nSPS) is 11.3. The second-order valence-electron chi connectivity index (χ2n) is 7.67. The van der Waals surface area contributed by atoms with Crippen molar-refractivity contribution in [2.24, 2.45) is 0 Å². The van der Waals surface area contributed by atoms with E-state index in [2.05, 4.69) is 19.9 Å². The molecule has 4 aromatic rings. The number of pyridine rings is 1. The van der Waals surface area contributed by atoms with Crippen molar-refractivity contribution >= 4 is 28.6 Å². The molecule has 8 nitrogen and oxygen atoms in total. The summed E-state index contributed by atoms with van der Waals surface area (Å²) in [5.41, 5.74) is 1.43. The number of fused-ring (bicyclic) bond motifs is 1. The van der Waals surface area contributed by atoms with Crippen molar-refractivity contribution in [3.05, 3.63) is 64.3 Å². The Kier molecular flexibility index (Phi) is 5.69. The number of nitrogens with zero attached hydrogens (tertiary/aromatic N) is 7. The summed E-state index contributed by atoms with van der Waals surface area (Å²) in [7, 11) is 3.77. The standard InChI is InChI=1S/C22H23N7OS/c1-13(2)18-25-20(28(4)5)27-21(26-18)31-22-24-16-9-7-6-8-15(16)19(30)29(22)17-12-14(3)10-11-23-17/h6-13H,1-5H3. The molecule has 0 saturated carbocycles. The van der Waals surface area contributed by atoms with Crippen LogP contribution in [0.3, 0.4) is 0 Å². The van der Waals surface area contributed by atoms with Crippen LogP contribution < -0.4 is 10.5 Å². The van der Waals surface area contributed by atoms with Crippen molar-refractivity contribution < 1.29 is 0 Å². The quantitative estimate of drug-likeness (QED) is 0.441. The Morgan fingerprint density at radius 3 is 2.52 bits per heavy atom. The second kappa shape index (κ2) is 8.43. The van der Waals surface area contributed by atoms with E-state index in [0.29, 0.717) is 38.8 Å². The van der Waals surface area contributed by atoms with Gasteiger partial charge < -0.3 is 4.90 Å². The van der Waals surface area contributed by atoms with Crippen LogP contribution in [0.25, 0.3) is 16.7 Å². The van der Waals surface area contributed by atoms with E-state index < -0.39 is 0 Å². The molecule has 9 heteroatoms. The minimum atomic E-state index is -0.183. The van der Waals surface area contributed by atoms with Crippen LogP contribution in [0.5, 0.6) is 0 Å². The summed E-state index contributed by atoms with van der Waals surface area (Å²) in [5, 5.41) is 1.46. The molecule has 158 valence electrons. The molecule has 0 fully saturated rings. The Labute approximate surface area is 184 Å². The van der Waals surface area contributed by atoms with Crippen LogP contribution >= 0.6 is 11.8 Å². The highest BCUT2D eigenvalue weighted by molar-refractivity contribution is 7.99. The fraction of sp³-hybridized carbons (Fsp3) is 0.273. The van der Waals surface area contributed by atoms with E-state index in [1.165, 1.54) is 16.3 Å². The predicted octanol–water partition coefficient (Wildman–Crippen LogP) is 3.61. The number of hydrogen-bond acceptors (Lipinski definition) is 8. The van der Waals surface area contributed by atoms with Gasteiger partial charge in [0, 0.05) is 26.2 Å². The lowest BCUT2D eigenvalue weighted by Gasteiger charge is -2.15. The Hall–Kier alpha value is -3.33. The summed E-state index contributed by atoms with van der Waals surface area (Å²) >= 11 is 1.23. The number of aryl methyl sites for hydroxylation is 1. The molecule has 0 radical (unpaired) electrons. The molecule has 0 bridgehead atoms. The maximum absolute atomic E-state index is 13.4. The molecule has 0 atom stereocenters. The smallest absolute Gasteiger partial charge is 0.267 e. The number of hydrogen-bond donors (Lipinski definition) is 0. The van der Waals surface area contributed by atoms with Gasteiger partial charge in [0.25, 0.3) is 5.56 Å². The van der Waals surface area contributed by atoms with Crippen molar-refractivity contribution in [3.8, 4) is 5.82 Å². The Morgan fingerprint density at radius 1 is 1.03 bits per heavy atom. The summed E-state index contributed by atoms with van der Waals surface area (Å²) < 4.78 is 1.52. The van der Waals surface area contributed by atoms with Crippen molar-refractivity contribution in [2.45, 2.75) is 37.0 Å². The van der Waals surface area contributed by atoms with E-state index in [4.69, 9.17) is 4.98 Å². The molecule has 4 rings (SSSR count). The highest BCUT2D eigenvalue weighted by atomic mass is 32.2. The number of rotatable bonds is 5. The Balaban J connectivity index is 1.94. The molecule has 0 saturated heterocycles. The highest BCUT2D eigenvalue weighted by Crippen LogP contribution is 2.27. The van der Waals surface area contributed by atoms with Gasteiger partial charge in [-0.1, -0.05) is 26.0 Å². The van der Waals surface area contributed by atoms with Crippen molar-refractivity contribution in [1.82, 2.24) is 29.5 Å². The molecule has 0 aliphatic rings. The fourth-order valence-electron chi connectivity index (χ4n) is 2.97. The first kappa shape index (κ1) is 20.9. The van der Waals surface area contributed by atoms with Crippen LogP contribution in [-0.4, -0.2) is 43.6 Å². The zero-order valence-electron chi connectivity index (χ0n) is 18.1. The molecule has 0 amide bonds. The average molecular weight is 434 g/mol. The first-order valence-electron chi connectivity index (χ1n) is 9.89. The first-order chi connectivity index (χ1) is 14.8. The minimum absolute atomic E-state index is 0.131. The number of anilines is 1. The van der Waals surface area contributed by atoms with Gasteiger partial charge >= 0.3 is 0 Å². The van der Waals surface area contributed by atoms with Crippen LogP contribution in [-0.2, 0) is 0 Å². The van der Waals surface area contributed by atoms with Crippen LogP contribution in [0.4, 0.5) is 5.95 Å². The molecule has 31 heavy (non-hydrogen) atoms. The number of benzene rings is 1. The van der Waals surface area contributed by atoms with Gasteiger partial charge in [-0.2, -0.15) is 9.97 Å². The molecule has 3 heterocycles. The lowest BCUT2D eigenvalue weighted by Crippen LogP contribution is -2.23. The van der Waals surface area contributed by atoms with Gasteiger partial charge in [-0.05, 0) is 48.5 Å². The van der Waals surface area contributed by atoms with E-state index >= 15 is 0 Å². The monoisotopic (exact) mass is 433 g/mol.